The van der Waals surface area contributed by atoms with Crippen LogP contribution in [0.5, 0.6) is 0 Å². The van der Waals surface area contributed by atoms with Gasteiger partial charge in [0.15, 0.2) is 6.10 Å². The molecule has 0 heterocycles. The van der Waals surface area contributed by atoms with E-state index in [2.05, 4.69) is 12.6 Å². The molecule has 0 amide bonds. The standard InChI is InChI=1S/C5H10O3S/c1-4(5(6)7)8-2-3-9/h4,9H,2-3H2,1H3,(H,6,7). The number of thiol groups is 1. The van der Waals surface area contributed by atoms with Crippen LogP contribution in [0.3, 0.4) is 0 Å². The molecule has 0 radical (unpaired) electrons. The summed E-state index contributed by atoms with van der Waals surface area (Å²) < 4.78 is 4.78. The van der Waals surface area contributed by atoms with Crippen molar-refractivity contribution in [1.82, 2.24) is 0 Å². The Bertz CT molecular complexity index is 94.2. The molecule has 0 fully saturated rings. The van der Waals surface area contributed by atoms with Gasteiger partial charge in [0.25, 0.3) is 0 Å². The predicted molar refractivity (Wildman–Crippen MR) is 36.9 cm³/mol. The van der Waals surface area contributed by atoms with E-state index in [1.807, 2.05) is 0 Å². The molecular formula is C5H10O3S. The largest absolute Gasteiger partial charge is 0.479 e. The molecule has 1 N–H and O–H groups in total. The summed E-state index contributed by atoms with van der Waals surface area (Å²) in [6.07, 6.45) is -0.711. The third-order valence-corrected chi connectivity index (χ3v) is 0.989. The van der Waals surface area contributed by atoms with E-state index >= 15 is 0 Å². The van der Waals surface area contributed by atoms with Crippen LogP contribution in [0.25, 0.3) is 0 Å². The molecule has 0 aromatic heterocycles. The zero-order valence-electron chi connectivity index (χ0n) is 5.20. The number of rotatable bonds is 4. The van der Waals surface area contributed by atoms with Gasteiger partial charge in [-0.15, -0.1) is 0 Å². The summed E-state index contributed by atoms with van der Waals surface area (Å²) in [6, 6.07) is 0. The number of hydrogen-bond acceptors (Lipinski definition) is 3. The number of carboxylic acid groups (broad SMARTS) is 1. The SMILES string of the molecule is CC(OCCS)C(=O)O. The van der Waals surface area contributed by atoms with Crippen molar-refractivity contribution in [3.63, 3.8) is 0 Å². The molecule has 0 aromatic rings. The van der Waals surface area contributed by atoms with Crippen LogP contribution < -0.4 is 0 Å². The highest BCUT2D eigenvalue weighted by Gasteiger charge is 2.08. The van der Waals surface area contributed by atoms with Crippen molar-refractivity contribution in [2.24, 2.45) is 0 Å². The van der Waals surface area contributed by atoms with Crippen molar-refractivity contribution in [1.29, 1.82) is 0 Å². The fourth-order valence-electron chi connectivity index (χ4n) is 0.301. The lowest BCUT2D eigenvalue weighted by Crippen LogP contribution is -2.20. The summed E-state index contributed by atoms with van der Waals surface area (Å²) >= 11 is 3.85. The van der Waals surface area contributed by atoms with Gasteiger partial charge in [-0.2, -0.15) is 12.6 Å². The van der Waals surface area contributed by atoms with Gasteiger partial charge in [0.2, 0.25) is 0 Å². The highest BCUT2D eigenvalue weighted by Crippen LogP contribution is 1.89. The Labute approximate surface area is 59.4 Å². The Kier molecular flexibility index (Phi) is 4.53. The molecule has 0 aliphatic carbocycles. The second-order valence-corrected chi connectivity index (χ2v) is 2.02. The maximum atomic E-state index is 10.1. The molecule has 0 rings (SSSR count). The van der Waals surface area contributed by atoms with Crippen molar-refractivity contribution >= 4 is 18.6 Å². The molecule has 0 spiro atoms. The fourth-order valence-corrected chi connectivity index (χ4v) is 0.406. The van der Waals surface area contributed by atoms with Crippen molar-refractivity contribution < 1.29 is 14.6 Å². The average Bonchev–Trinajstić information content (AvgIpc) is 1.82. The summed E-state index contributed by atoms with van der Waals surface area (Å²) in [6.45, 7) is 1.88. The zero-order valence-corrected chi connectivity index (χ0v) is 6.10. The van der Waals surface area contributed by atoms with E-state index in [1.165, 1.54) is 6.92 Å². The minimum absolute atomic E-state index is 0.385. The van der Waals surface area contributed by atoms with Gasteiger partial charge in [-0.25, -0.2) is 4.79 Å². The van der Waals surface area contributed by atoms with Crippen LogP contribution in [0.15, 0.2) is 0 Å². The van der Waals surface area contributed by atoms with Crippen LogP contribution in [0.2, 0.25) is 0 Å². The Morgan fingerprint density at radius 1 is 1.89 bits per heavy atom. The first kappa shape index (κ1) is 8.78. The predicted octanol–water partition coefficient (Wildman–Crippen LogP) is 0.406. The number of ether oxygens (including phenoxy) is 1. The van der Waals surface area contributed by atoms with E-state index in [1.54, 1.807) is 0 Å². The quantitative estimate of drug-likeness (QED) is 0.570. The summed E-state index contributed by atoms with van der Waals surface area (Å²) in [7, 11) is 0. The van der Waals surface area contributed by atoms with Crippen molar-refractivity contribution in [2.75, 3.05) is 12.4 Å². The highest BCUT2D eigenvalue weighted by molar-refractivity contribution is 7.80. The maximum absolute atomic E-state index is 10.1. The smallest absolute Gasteiger partial charge is 0.332 e. The topological polar surface area (TPSA) is 46.5 Å². The van der Waals surface area contributed by atoms with E-state index in [0.29, 0.717) is 12.4 Å². The second-order valence-electron chi connectivity index (χ2n) is 1.57. The molecule has 0 saturated carbocycles. The number of aliphatic carboxylic acids is 1. The monoisotopic (exact) mass is 150 g/mol. The molecule has 1 atom stereocenters. The van der Waals surface area contributed by atoms with Crippen LogP contribution in [0.1, 0.15) is 6.92 Å². The summed E-state index contributed by atoms with van der Waals surface area (Å²) in [5.41, 5.74) is 0. The van der Waals surface area contributed by atoms with E-state index in [0.717, 1.165) is 0 Å². The van der Waals surface area contributed by atoms with Crippen LogP contribution >= 0.6 is 12.6 Å². The normalized spacial score (nSPS) is 13.1. The Morgan fingerprint density at radius 3 is 2.78 bits per heavy atom. The van der Waals surface area contributed by atoms with Gasteiger partial charge in [-0.05, 0) is 6.92 Å². The van der Waals surface area contributed by atoms with Gasteiger partial charge in [0.05, 0.1) is 6.61 Å². The second kappa shape index (κ2) is 4.64. The molecule has 0 saturated heterocycles. The van der Waals surface area contributed by atoms with E-state index in [9.17, 15) is 4.79 Å². The molecule has 3 nitrogen and oxygen atoms in total. The lowest BCUT2D eigenvalue weighted by molar-refractivity contribution is -0.148. The summed E-state index contributed by atoms with van der Waals surface area (Å²) in [4.78, 5) is 10.1. The summed E-state index contributed by atoms with van der Waals surface area (Å²) in [5.74, 6) is -0.380. The highest BCUT2D eigenvalue weighted by atomic mass is 32.1. The number of hydrogen-bond donors (Lipinski definition) is 2. The lowest BCUT2D eigenvalue weighted by atomic mass is 10.4. The third-order valence-electron chi connectivity index (χ3n) is 0.807. The molecule has 0 aliphatic rings. The van der Waals surface area contributed by atoms with Gasteiger partial charge >= 0.3 is 5.97 Å². The molecule has 9 heavy (non-hydrogen) atoms. The first-order chi connectivity index (χ1) is 4.18. The minimum Gasteiger partial charge on any atom is -0.479 e. The van der Waals surface area contributed by atoms with Gasteiger partial charge in [-0.1, -0.05) is 0 Å². The van der Waals surface area contributed by atoms with Crippen LogP contribution in [-0.4, -0.2) is 29.5 Å². The zero-order chi connectivity index (χ0) is 7.28. The summed E-state index contributed by atoms with van der Waals surface area (Å²) in [5, 5.41) is 8.26. The molecule has 4 heteroatoms. The molecular weight excluding hydrogens is 140 g/mol. The van der Waals surface area contributed by atoms with Crippen LogP contribution in [0.4, 0.5) is 0 Å². The first-order valence-corrected chi connectivity index (χ1v) is 3.27. The van der Waals surface area contributed by atoms with Gasteiger partial charge in [-0.3, -0.25) is 0 Å². The first-order valence-electron chi connectivity index (χ1n) is 2.63. The number of carbonyl (C=O) groups is 1. The maximum Gasteiger partial charge on any atom is 0.332 e. The Hall–Kier alpha value is -0.220. The molecule has 0 bridgehead atoms. The van der Waals surface area contributed by atoms with Gasteiger partial charge in [0, 0.05) is 5.75 Å². The Balaban J connectivity index is 3.27. The molecule has 54 valence electrons. The van der Waals surface area contributed by atoms with E-state index in [4.69, 9.17) is 9.84 Å². The Morgan fingerprint density at radius 2 is 2.44 bits per heavy atom. The average molecular weight is 150 g/mol. The van der Waals surface area contributed by atoms with Gasteiger partial charge in [0.1, 0.15) is 0 Å². The number of carboxylic acids is 1. The van der Waals surface area contributed by atoms with Crippen molar-refractivity contribution in [3.8, 4) is 0 Å². The van der Waals surface area contributed by atoms with Crippen molar-refractivity contribution in [2.45, 2.75) is 13.0 Å². The van der Waals surface area contributed by atoms with Crippen LogP contribution in [0, 0.1) is 0 Å². The van der Waals surface area contributed by atoms with E-state index < -0.39 is 12.1 Å². The minimum atomic E-state index is -0.934. The van der Waals surface area contributed by atoms with Gasteiger partial charge < -0.3 is 9.84 Å². The molecule has 0 aliphatic heterocycles. The lowest BCUT2D eigenvalue weighted by Gasteiger charge is -2.04. The van der Waals surface area contributed by atoms with E-state index in [-0.39, 0.29) is 0 Å². The third kappa shape index (κ3) is 4.29. The van der Waals surface area contributed by atoms with Crippen LogP contribution in [-0.2, 0) is 9.53 Å². The fraction of sp³-hybridized carbons (Fsp3) is 0.800. The molecule has 1 unspecified atom stereocenters. The molecule has 0 aromatic carbocycles. The van der Waals surface area contributed by atoms with Crippen molar-refractivity contribution in [3.05, 3.63) is 0 Å².